The monoisotopic (exact) mass is 173 g/mol. The number of aryl methyl sites for hydroxylation is 1. The molecule has 12 heavy (non-hydrogen) atoms. The van der Waals surface area contributed by atoms with Crippen LogP contribution in [0.25, 0.3) is 0 Å². The Bertz CT molecular complexity index is 299. The molecule has 0 bridgehead atoms. The van der Waals surface area contributed by atoms with Crippen LogP contribution in [-0.2, 0) is 0 Å². The Morgan fingerprint density at radius 2 is 2.00 bits per heavy atom. The molecule has 0 saturated carbocycles. The number of nitrogens with two attached hydrogens (primary N) is 2. The van der Waals surface area contributed by atoms with Crippen LogP contribution in [0.15, 0.2) is 6.07 Å². The number of alkyl halides is 2. The first-order valence-electron chi connectivity index (χ1n) is 3.33. The summed E-state index contributed by atoms with van der Waals surface area (Å²) in [6.45, 7) is 1.58. The molecule has 0 aromatic carbocycles. The minimum atomic E-state index is -2.60. The minimum absolute atomic E-state index is 0.0368. The maximum absolute atomic E-state index is 12.2. The van der Waals surface area contributed by atoms with Crippen molar-refractivity contribution in [2.24, 2.45) is 0 Å². The van der Waals surface area contributed by atoms with Crippen molar-refractivity contribution < 1.29 is 8.78 Å². The van der Waals surface area contributed by atoms with Gasteiger partial charge in [0.1, 0.15) is 5.82 Å². The van der Waals surface area contributed by atoms with Crippen molar-refractivity contribution in [2.75, 3.05) is 11.5 Å². The molecule has 0 aliphatic rings. The number of anilines is 2. The highest BCUT2D eigenvalue weighted by Gasteiger charge is 2.14. The summed E-state index contributed by atoms with van der Waals surface area (Å²) >= 11 is 0. The van der Waals surface area contributed by atoms with E-state index in [9.17, 15) is 8.78 Å². The summed E-state index contributed by atoms with van der Waals surface area (Å²) in [6.07, 6.45) is -2.60. The number of nitrogen functional groups attached to an aromatic ring is 2. The quantitative estimate of drug-likeness (QED) is 0.676. The van der Waals surface area contributed by atoms with E-state index in [0.29, 0.717) is 5.69 Å². The minimum Gasteiger partial charge on any atom is -0.395 e. The zero-order valence-corrected chi connectivity index (χ0v) is 6.51. The predicted molar refractivity (Wildman–Crippen MR) is 42.8 cm³/mol. The van der Waals surface area contributed by atoms with Crippen molar-refractivity contribution in [2.45, 2.75) is 13.3 Å². The van der Waals surface area contributed by atoms with Crippen molar-refractivity contribution in [3.63, 3.8) is 0 Å². The van der Waals surface area contributed by atoms with Crippen LogP contribution in [0.1, 0.15) is 17.7 Å². The van der Waals surface area contributed by atoms with Crippen molar-refractivity contribution >= 4 is 11.5 Å². The summed E-state index contributed by atoms with van der Waals surface area (Å²) in [4.78, 5) is 3.74. The largest absolute Gasteiger partial charge is 0.395 e. The van der Waals surface area contributed by atoms with Gasteiger partial charge >= 0.3 is 0 Å². The first kappa shape index (κ1) is 8.70. The molecule has 0 spiro atoms. The lowest BCUT2D eigenvalue weighted by atomic mass is 10.2. The van der Waals surface area contributed by atoms with E-state index >= 15 is 0 Å². The van der Waals surface area contributed by atoms with Gasteiger partial charge in [-0.2, -0.15) is 0 Å². The zero-order chi connectivity index (χ0) is 9.30. The first-order chi connectivity index (χ1) is 5.52. The second-order valence-corrected chi connectivity index (χ2v) is 2.45. The normalized spacial score (nSPS) is 10.7. The molecule has 0 amide bonds. The number of aromatic nitrogens is 1. The van der Waals surface area contributed by atoms with Gasteiger partial charge in [0.15, 0.2) is 0 Å². The third-order valence-corrected chi connectivity index (χ3v) is 1.48. The molecule has 66 valence electrons. The standard InChI is InChI=1S/C7H9F2N3/c1-3-2-4(6(8)9)5(10)7(11)12-3/h2,6H,10H2,1H3,(H2,11,12). The van der Waals surface area contributed by atoms with Gasteiger partial charge in [0.25, 0.3) is 6.43 Å². The van der Waals surface area contributed by atoms with Crippen LogP contribution in [0.5, 0.6) is 0 Å². The molecule has 0 saturated heterocycles. The third kappa shape index (κ3) is 1.44. The SMILES string of the molecule is Cc1cc(C(F)F)c(N)c(N)n1. The lowest BCUT2D eigenvalue weighted by Crippen LogP contribution is -2.04. The molecular formula is C7H9F2N3. The van der Waals surface area contributed by atoms with Gasteiger partial charge in [0, 0.05) is 11.3 Å². The van der Waals surface area contributed by atoms with E-state index < -0.39 is 6.43 Å². The van der Waals surface area contributed by atoms with Crippen LogP contribution in [0, 0.1) is 6.92 Å². The van der Waals surface area contributed by atoms with Gasteiger partial charge in [-0.3, -0.25) is 0 Å². The molecule has 0 unspecified atom stereocenters. The first-order valence-corrected chi connectivity index (χ1v) is 3.33. The number of pyridine rings is 1. The molecular weight excluding hydrogens is 164 g/mol. The molecule has 1 aromatic rings. The van der Waals surface area contributed by atoms with E-state index in [1.807, 2.05) is 0 Å². The summed E-state index contributed by atoms with van der Waals surface area (Å²) in [5.41, 5.74) is 10.6. The molecule has 0 aliphatic carbocycles. The Morgan fingerprint density at radius 3 is 2.50 bits per heavy atom. The number of hydrogen-bond acceptors (Lipinski definition) is 3. The lowest BCUT2D eigenvalue weighted by molar-refractivity contribution is 0.152. The highest BCUT2D eigenvalue weighted by atomic mass is 19.3. The van der Waals surface area contributed by atoms with Gasteiger partial charge in [-0.05, 0) is 13.0 Å². The highest BCUT2D eigenvalue weighted by molar-refractivity contribution is 5.63. The molecule has 1 heterocycles. The number of hydrogen-bond donors (Lipinski definition) is 2. The summed E-state index contributed by atoms with van der Waals surface area (Å²) in [5.74, 6) is -0.0368. The molecule has 4 N–H and O–H groups in total. The second kappa shape index (κ2) is 2.92. The molecule has 0 aliphatic heterocycles. The van der Waals surface area contributed by atoms with E-state index in [-0.39, 0.29) is 17.1 Å². The predicted octanol–water partition coefficient (Wildman–Crippen LogP) is 1.49. The average molecular weight is 173 g/mol. The molecule has 1 rings (SSSR count). The summed E-state index contributed by atoms with van der Waals surface area (Å²) in [6, 6.07) is 1.23. The Labute approximate surface area is 68.4 Å². The smallest absolute Gasteiger partial charge is 0.266 e. The van der Waals surface area contributed by atoms with Gasteiger partial charge in [0.05, 0.1) is 5.69 Å². The van der Waals surface area contributed by atoms with Crippen LogP contribution >= 0.6 is 0 Å². The fourth-order valence-corrected chi connectivity index (χ4v) is 0.914. The molecule has 1 aromatic heterocycles. The van der Waals surface area contributed by atoms with Crippen LogP contribution < -0.4 is 11.5 Å². The fourth-order valence-electron chi connectivity index (χ4n) is 0.914. The fraction of sp³-hybridized carbons (Fsp3) is 0.286. The topological polar surface area (TPSA) is 64.9 Å². The van der Waals surface area contributed by atoms with Crippen molar-refractivity contribution in [1.82, 2.24) is 4.98 Å². The summed E-state index contributed by atoms with van der Waals surface area (Å²) < 4.78 is 24.4. The Kier molecular flexibility index (Phi) is 2.12. The third-order valence-electron chi connectivity index (χ3n) is 1.48. The Hall–Kier alpha value is -1.39. The molecule has 5 heteroatoms. The lowest BCUT2D eigenvalue weighted by Gasteiger charge is -2.07. The Balaban J connectivity index is 3.28. The van der Waals surface area contributed by atoms with E-state index in [1.54, 1.807) is 6.92 Å². The summed E-state index contributed by atoms with van der Waals surface area (Å²) in [7, 11) is 0. The second-order valence-electron chi connectivity index (χ2n) is 2.45. The van der Waals surface area contributed by atoms with Gasteiger partial charge < -0.3 is 11.5 Å². The van der Waals surface area contributed by atoms with Crippen LogP contribution in [-0.4, -0.2) is 4.98 Å². The van der Waals surface area contributed by atoms with E-state index in [1.165, 1.54) is 6.07 Å². The maximum Gasteiger partial charge on any atom is 0.266 e. The van der Waals surface area contributed by atoms with Gasteiger partial charge in [-0.15, -0.1) is 0 Å². The number of halogens is 2. The van der Waals surface area contributed by atoms with Gasteiger partial charge in [-0.25, -0.2) is 13.8 Å². The molecule has 0 radical (unpaired) electrons. The average Bonchev–Trinajstić information content (AvgIpc) is 1.96. The maximum atomic E-state index is 12.2. The summed E-state index contributed by atoms with van der Waals surface area (Å²) in [5, 5.41) is 0. The molecule has 0 atom stereocenters. The van der Waals surface area contributed by atoms with Crippen molar-refractivity contribution in [3.8, 4) is 0 Å². The number of nitrogens with zero attached hydrogens (tertiary/aromatic N) is 1. The van der Waals surface area contributed by atoms with Crippen LogP contribution in [0.3, 0.4) is 0 Å². The van der Waals surface area contributed by atoms with E-state index in [0.717, 1.165) is 0 Å². The number of rotatable bonds is 1. The Morgan fingerprint density at radius 1 is 1.42 bits per heavy atom. The van der Waals surface area contributed by atoms with Crippen molar-refractivity contribution in [1.29, 1.82) is 0 Å². The van der Waals surface area contributed by atoms with Gasteiger partial charge in [-0.1, -0.05) is 0 Å². The van der Waals surface area contributed by atoms with Crippen LogP contribution in [0.4, 0.5) is 20.3 Å². The highest BCUT2D eigenvalue weighted by Crippen LogP contribution is 2.28. The zero-order valence-electron chi connectivity index (χ0n) is 6.51. The molecule has 3 nitrogen and oxygen atoms in total. The van der Waals surface area contributed by atoms with E-state index in [2.05, 4.69) is 4.98 Å². The van der Waals surface area contributed by atoms with Gasteiger partial charge in [0.2, 0.25) is 0 Å². The van der Waals surface area contributed by atoms with E-state index in [4.69, 9.17) is 11.5 Å². The van der Waals surface area contributed by atoms with Crippen molar-refractivity contribution in [3.05, 3.63) is 17.3 Å². The molecule has 0 fully saturated rings. The van der Waals surface area contributed by atoms with Crippen LogP contribution in [0.2, 0.25) is 0 Å².